The molecule has 0 aliphatic rings. The number of thiazole rings is 1. The maximum absolute atomic E-state index is 12.1. The number of amides is 1. The van der Waals surface area contributed by atoms with Crippen molar-refractivity contribution in [2.75, 3.05) is 5.32 Å². The van der Waals surface area contributed by atoms with Crippen LogP contribution < -0.4 is 5.32 Å². The first-order chi connectivity index (χ1) is 13.2. The second-order valence-electron chi connectivity index (χ2n) is 6.30. The van der Waals surface area contributed by atoms with Crippen LogP contribution in [0.5, 0.6) is 0 Å². The van der Waals surface area contributed by atoms with E-state index in [4.69, 9.17) is 4.98 Å². The number of hydrogen-bond donors (Lipinski definition) is 1. The van der Waals surface area contributed by atoms with Gasteiger partial charge in [-0.15, -0.1) is 11.3 Å². The molecule has 0 saturated carbocycles. The Kier molecular flexibility index (Phi) is 4.81. The number of anilines is 1. The van der Waals surface area contributed by atoms with E-state index in [0.717, 1.165) is 27.3 Å². The molecule has 1 N–H and O–H groups in total. The Morgan fingerprint density at radius 1 is 1.00 bits per heavy atom. The van der Waals surface area contributed by atoms with E-state index < -0.39 is 0 Å². The molecular formula is C23H18N2OS. The molecule has 0 atom stereocenters. The summed E-state index contributed by atoms with van der Waals surface area (Å²) >= 11 is 1.68. The molecule has 4 aromatic rings. The van der Waals surface area contributed by atoms with Gasteiger partial charge in [0.25, 0.3) is 0 Å². The Balaban J connectivity index is 1.46. The quantitative estimate of drug-likeness (QED) is 0.453. The molecule has 1 aromatic heterocycles. The summed E-state index contributed by atoms with van der Waals surface area (Å²) in [5, 5.41) is 3.87. The molecule has 1 heterocycles. The molecule has 0 unspecified atom stereocenters. The Bertz CT molecular complexity index is 1110. The fourth-order valence-corrected chi connectivity index (χ4v) is 3.84. The number of nitrogens with zero attached hydrogens (tertiary/aromatic N) is 1. The van der Waals surface area contributed by atoms with Crippen LogP contribution in [0, 0.1) is 6.92 Å². The van der Waals surface area contributed by atoms with Crippen LogP contribution in [0.4, 0.5) is 5.69 Å². The number of carbonyl (C=O) groups excluding carboxylic acids is 1. The van der Waals surface area contributed by atoms with Gasteiger partial charge in [-0.3, -0.25) is 4.79 Å². The highest BCUT2D eigenvalue weighted by molar-refractivity contribution is 7.21. The summed E-state index contributed by atoms with van der Waals surface area (Å²) in [6.07, 6.45) is 3.34. The number of hydrogen-bond acceptors (Lipinski definition) is 3. The number of rotatable bonds is 4. The van der Waals surface area contributed by atoms with Gasteiger partial charge in [0.1, 0.15) is 5.01 Å². The number of fused-ring (bicyclic) bond motifs is 1. The van der Waals surface area contributed by atoms with Crippen LogP contribution in [-0.4, -0.2) is 10.9 Å². The van der Waals surface area contributed by atoms with Crippen LogP contribution in [0.25, 0.3) is 26.9 Å². The lowest BCUT2D eigenvalue weighted by molar-refractivity contribution is -0.111. The lowest BCUT2D eigenvalue weighted by Crippen LogP contribution is -2.07. The van der Waals surface area contributed by atoms with E-state index in [1.807, 2.05) is 54.6 Å². The van der Waals surface area contributed by atoms with Gasteiger partial charge >= 0.3 is 0 Å². The van der Waals surface area contributed by atoms with Crippen molar-refractivity contribution in [1.82, 2.24) is 4.98 Å². The first-order valence-electron chi connectivity index (χ1n) is 8.69. The molecule has 0 fully saturated rings. The van der Waals surface area contributed by atoms with E-state index in [9.17, 15) is 4.79 Å². The number of nitrogens with one attached hydrogen (secondary N) is 1. The molecule has 0 aliphatic heterocycles. The molecule has 4 heteroatoms. The Hall–Kier alpha value is -3.24. The van der Waals surface area contributed by atoms with Gasteiger partial charge in [-0.1, -0.05) is 36.4 Å². The summed E-state index contributed by atoms with van der Waals surface area (Å²) < 4.78 is 1.19. The maximum atomic E-state index is 12.1. The number of aromatic nitrogens is 1. The minimum absolute atomic E-state index is 0.151. The lowest BCUT2D eigenvalue weighted by atomic mass is 10.2. The largest absolute Gasteiger partial charge is 0.323 e. The zero-order valence-electron chi connectivity index (χ0n) is 14.8. The van der Waals surface area contributed by atoms with Gasteiger partial charge in [-0.2, -0.15) is 0 Å². The van der Waals surface area contributed by atoms with Crippen LogP contribution >= 0.6 is 11.3 Å². The van der Waals surface area contributed by atoms with Crippen LogP contribution in [0.2, 0.25) is 0 Å². The summed E-state index contributed by atoms with van der Waals surface area (Å²) in [5.41, 5.74) is 5.06. The topological polar surface area (TPSA) is 42.0 Å². The van der Waals surface area contributed by atoms with Crippen molar-refractivity contribution in [3.8, 4) is 10.6 Å². The third kappa shape index (κ3) is 4.13. The van der Waals surface area contributed by atoms with E-state index in [2.05, 4.69) is 30.4 Å². The zero-order chi connectivity index (χ0) is 18.6. The minimum Gasteiger partial charge on any atom is -0.323 e. The fourth-order valence-electron chi connectivity index (χ4n) is 2.77. The molecule has 132 valence electrons. The smallest absolute Gasteiger partial charge is 0.248 e. The molecule has 0 aliphatic carbocycles. The number of carbonyl (C=O) groups is 1. The maximum Gasteiger partial charge on any atom is 0.248 e. The standard InChI is InChI=1S/C23H18N2OS/c1-16-7-13-20-21(15-16)27-23(25-20)18-9-11-19(12-10-18)24-22(26)14-8-17-5-3-2-4-6-17/h2-15H,1H3,(H,24,26). The SMILES string of the molecule is Cc1ccc2nc(-c3ccc(NC(=O)C=Cc4ccccc4)cc3)sc2c1. The molecule has 3 nitrogen and oxygen atoms in total. The zero-order valence-corrected chi connectivity index (χ0v) is 15.7. The van der Waals surface area contributed by atoms with Crippen LogP contribution in [0.15, 0.2) is 78.9 Å². The van der Waals surface area contributed by atoms with Crippen LogP contribution in [0.1, 0.15) is 11.1 Å². The molecule has 0 saturated heterocycles. The summed E-state index contributed by atoms with van der Waals surface area (Å²) in [5.74, 6) is -0.151. The molecule has 0 bridgehead atoms. The van der Waals surface area contributed by atoms with Gasteiger partial charge in [0.2, 0.25) is 5.91 Å². The minimum atomic E-state index is -0.151. The third-order valence-electron chi connectivity index (χ3n) is 4.17. The van der Waals surface area contributed by atoms with Crippen LogP contribution in [-0.2, 0) is 4.79 Å². The van der Waals surface area contributed by atoms with E-state index in [1.165, 1.54) is 10.3 Å². The molecule has 3 aromatic carbocycles. The highest BCUT2D eigenvalue weighted by Crippen LogP contribution is 2.31. The molecule has 27 heavy (non-hydrogen) atoms. The highest BCUT2D eigenvalue weighted by Gasteiger charge is 2.07. The van der Waals surface area contributed by atoms with Gasteiger partial charge in [0.15, 0.2) is 0 Å². The summed E-state index contributed by atoms with van der Waals surface area (Å²) in [6.45, 7) is 2.09. The summed E-state index contributed by atoms with van der Waals surface area (Å²) in [6, 6.07) is 23.8. The fraction of sp³-hybridized carbons (Fsp3) is 0.0435. The van der Waals surface area contributed by atoms with E-state index >= 15 is 0 Å². The number of aryl methyl sites for hydroxylation is 1. The number of benzene rings is 3. The van der Waals surface area contributed by atoms with Crippen molar-refractivity contribution in [3.63, 3.8) is 0 Å². The van der Waals surface area contributed by atoms with Gasteiger partial charge in [-0.25, -0.2) is 4.98 Å². The normalized spacial score (nSPS) is 11.1. The van der Waals surface area contributed by atoms with E-state index in [0.29, 0.717) is 0 Å². The highest BCUT2D eigenvalue weighted by atomic mass is 32.1. The Labute approximate surface area is 162 Å². The molecule has 0 spiro atoms. The first kappa shape index (κ1) is 17.2. The van der Waals surface area contributed by atoms with Gasteiger partial charge < -0.3 is 5.32 Å². The monoisotopic (exact) mass is 370 g/mol. The summed E-state index contributed by atoms with van der Waals surface area (Å²) in [7, 11) is 0. The predicted octanol–water partition coefficient (Wildman–Crippen LogP) is 5.92. The Morgan fingerprint density at radius 2 is 1.78 bits per heavy atom. The summed E-state index contributed by atoms with van der Waals surface area (Å²) in [4.78, 5) is 16.8. The van der Waals surface area contributed by atoms with Crippen molar-refractivity contribution in [2.24, 2.45) is 0 Å². The molecular weight excluding hydrogens is 352 g/mol. The van der Waals surface area contributed by atoms with Gasteiger partial charge in [0, 0.05) is 17.3 Å². The molecule has 1 amide bonds. The van der Waals surface area contributed by atoms with E-state index in [1.54, 1.807) is 23.5 Å². The average molecular weight is 370 g/mol. The second kappa shape index (κ2) is 7.56. The van der Waals surface area contributed by atoms with Crippen LogP contribution in [0.3, 0.4) is 0 Å². The second-order valence-corrected chi connectivity index (χ2v) is 7.33. The van der Waals surface area contributed by atoms with Crippen molar-refractivity contribution in [3.05, 3.63) is 90.0 Å². The van der Waals surface area contributed by atoms with Crippen molar-refractivity contribution in [1.29, 1.82) is 0 Å². The van der Waals surface area contributed by atoms with Gasteiger partial charge in [-0.05, 0) is 60.5 Å². The van der Waals surface area contributed by atoms with E-state index in [-0.39, 0.29) is 5.91 Å². The predicted molar refractivity (Wildman–Crippen MR) is 114 cm³/mol. The van der Waals surface area contributed by atoms with Gasteiger partial charge in [0.05, 0.1) is 10.2 Å². The van der Waals surface area contributed by atoms with Crippen molar-refractivity contribution < 1.29 is 4.79 Å². The Morgan fingerprint density at radius 3 is 2.56 bits per heavy atom. The third-order valence-corrected chi connectivity index (χ3v) is 5.24. The first-order valence-corrected chi connectivity index (χ1v) is 9.51. The lowest BCUT2D eigenvalue weighted by Gasteiger charge is -2.03. The molecule has 0 radical (unpaired) electrons. The molecule has 4 rings (SSSR count). The van der Waals surface area contributed by atoms with Crippen molar-refractivity contribution >= 4 is 39.2 Å². The average Bonchev–Trinajstić information content (AvgIpc) is 3.11. The van der Waals surface area contributed by atoms with Crippen molar-refractivity contribution in [2.45, 2.75) is 6.92 Å².